The Labute approximate surface area is 176 Å². The quantitative estimate of drug-likeness (QED) is 0.656. The number of ether oxygens (including phenoxy) is 1. The lowest BCUT2D eigenvalue weighted by atomic mass is 9.82. The molecule has 1 spiro atoms. The number of hydrogen-bond acceptors (Lipinski definition) is 4. The molecule has 0 atom stereocenters. The summed E-state index contributed by atoms with van der Waals surface area (Å²) < 4.78 is 7.15. The fraction of sp³-hybridized carbons (Fsp3) is 0.417. The van der Waals surface area contributed by atoms with Crippen LogP contribution in [0.5, 0.6) is 0 Å². The summed E-state index contributed by atoms with van der Waals surface area (Å²) in [5.41, 5.74) is 7.67. The molecule has 6 heteroatoms. The normalized spacial score (nSPS) is 16.4. The van der Waals surface area contributed by atoms with Gasteiger partial charge in [-0.25, -0.2) is 4.98 Å². The predicted molar refractivity (Wildman–Crippen MR) is 118 cm³/mol. The summed E-state index contributed by atoms with van der Waals surface area (Å²) in [6.45, 7) is 3.01. The van der Waals surface area contributed by atoms with Crippen LogP contribution in [0, 0.1) is 6.92 Å². The Bertz CT molecular complexity index is 1120. The van der Waals surface area contributed by atoms with Crippen LogP contribution in [0.4, 0.5) is 5.69 Å². The van der Waals surface area contributed by atoms with E-state index in [0.29, 0.717) is 13.2 Å². The first kappa shape index (κ1) is 19.1. The first-order chi connectivity index (χ1) is 14.5. The van der Waals surface area contributed by atoms with Crippen molar-refractivity contribution in [2.75, 3.05) is 25.6 Å². The lowest BCUT2D eigenvalue weighted by Gasteiger charge is -2.38. The van der Waals surface area contributed by atoms with Crippen molar-refractivity contribution in [2.24, 2.45) is 7.05 Å². The number of aromatic nitrogens is 2. The minimum absolute atomic E-state index is 0.000191. The van der Waals surface area contributed by atoms with E-state index in [2.05, 4.69) is 39.5 Å². The van der Waals surface area contributed by atoms with E-state index in [-0.39, 0.29) is 11.4 Å². The van der Waals surface area contributed by atoms with Gasteiger partial charge in [0.05, 0.1) is 17.8 Å². The van der Waals surface area contributed by atoms with Crippen LogP contribution in [0.15, 0.2) is 30.3 Å². The molecule has 0 radical (unpaired) electrons. The van der Waals surface area contributed by atoms with Crippen LogP contribution >= 0.6 is 0 Å². The Morgan fingerprint density at radius 2 is 2.03 bits per heavy atom. The van der Waals surface area contributed by atoms with Gasteiger partial charge < -0.3 is 19.9 Å². The molecule has 0 unspecified atom stereocenters. The van der Waals surface area contributed by atoms with Crippen molar-refractivity contribution < 1.29 is 9.53 Å². The lowest BCUT2D eigenvalue weighted by molar-refractivity contribution is 0.0936. The summed E-state index contributed by atoms with van der Waals surface area (Å²) >= 11 is 0. The standard InChI is InChI=1S/C24H28N4O2/c1-15-26-22-20(28(15)2)12-19(23(29)25-10-11-30-3)18-8-9-24(27-21(18)22)13-16-6-4-5-7-17(16)14-24/h4-7,12,27H,8-11,13-14H2,1-3H3,(H,25,29). The third kappa shape index (κ3) is 2.98. The first-order valence-electron chi connectivity index (χ1n) is 10.6. The zero-order valence-corrected chi connectivity index (χ0v) is 17.8. The highest BCUT2D eigenvalue weighted by atomic mass is 16.5. The highest BCUT2D eigenvalue weighted by molar-refractivity contribution is 6.04. The number of carbonyl (C=O) groups is 1. The topological polar surface area (TPSA) is 68.2 Å². The number of carbonyl (C=O) groups excluding carboxylic acids is 1. The summed E-state index contributed by atoms with van der Waals surface area (Å²) in [4.78, 5) is 17.9. The smallest absolute Gasteiger partial charge is 0.251 e. The number of hydrogen-bond donors (Lipinski definition) is 2. The molecular formula is C24H28N4O2. The molecule has 0 saturated carbocycles. The molecule has 0 bridgehead atoms. The summed E-state index contributed by atoms with van der Waals surface area (Å²) in [6.07, 6.45) is 3.90. The van der Waals surface area contributed by atoms with Gasteiger partial charge in [0, 0.05) is 31.8 Å². The molecule has 2 aliphatic rings. The number of nitrogens with zero attached hydrogens (tertiary/aromatic N) is 2. The van der Waals surface area contributed by atoms with Gasteiger partial charge in [-0.2, -0.15) is 0 Å². The van der Waals surface area contributed by atoms with Gasteiger partial charge in [-0.1, -0.05) is 24.3 Å². The number of methoxy groups -OCH3 is 1. The van der Waals surface area contributed by atoms with E-state index < -0.39 is 0 Å². The molecule has 156 valence electrons. The van der Waals surface area contributed by atoms with Crippen molar-refractivity contribution in [2.45, 2.75) is 38.1 Å². The SMILES string of the molecule is COCCNC(=O)c1cc2c(nc(C)n2C)c2c1CCC1(Cc3ccccc3C1)N2. The Kier molecular flexibility index (Phi) is 4.54. The number of anilines is 1. The van der Waals surface area contributed by atoms with E-state index in [1.165, 1.54) is 11.1 Å². The molecule has 5 rings (SSSR count). The van der Waals surface area contributed by atoms with Crippen LogP contribution in [0.1, 0.15) is 39.3 Å². The highest BCUT2D eigenvalue weighted by Gasteiger charge is 2.41. The Morgan fingerprint density at radius 3 is 2.73 bits per heavy atom. The van der Waals surface area contributed by atoms with Gasteiger partial charge in [0.2, 0.25) is 0 Å². The van der Waals surface area contributed by atoms with Gasteiger partial charge in [-0.15, -0.1) is 0 Å². The van der Waals surface area contributed by atoms with E-state index in [1.54, 1.807) is 7.11 Å². The molecule has 1 aliphatic carbocycles. The monoisotopic (exact) mass is 404 g/mol. The van der Waals surface area contributed by atoms with E-state index in [9.17, 15) is 4.79 Å². The van der Waals surface area contributed by atoms with Gasteiger partial charge in [-0.3, -0.25) is 4.79 Å². The number of rotatable bonds is 4. The summed E-state index contributed by atoms with van der Waals surface area (Å²) in [5, 5.41) is 6.88. The molecule has 1 aromatic heterocycles. The third-order valence-electron chi connectivity index (χ3n) is 6.76. The van der Waals surface area contributed by atoms with E-state index >= 15 is 0 Å². The van der Waals surface area contributed by atoms with Crippen LogP contribution < -0.4 is 10.6 Å². The molecule has 1 aliphatic heterocycles. The van der Waals surface area contributed by atoms with Gasteiger partial charge in [0.1, 0.15) is 11.3 Å². The van der Waals surface area contributed by atoms with Crippen molar-refractivity contribution in [1.29, 1.82) is 0 Å². The summed E-state index contributed by atoms with van der Waals surface area (Å²) in [7, 11) is 3.65. The van der Waals surface area contributed by atoms with E-state index in [4.69, 9.17) is 9.72 Å². The average molecular weight is 405 g/mol. The number of nitrogens with one attached hydrogen (secondary N) is 2. The maximum Gasteiger partial charge on any atom is 0.251 e. The van der Waals surface area contributed by atoms with Gasteiger partial charge in [0.25, 0.3) is 5.91 Å². The first-order valence-corrected chi connectivity index (χ1v) is 10.6. The number of benzene rings is 2. The average Bonchev–Trinajstić information content (AvgIpc) is 3.24. The third-order valence-corrected chi connectivity index (χ3v) is 6.76. The molecule has 3 aromatic rings. The van der Waals surface area contributed by atoms with Crippen LogP contribution in [0.2, 0.25) is 0 Å². The molecule has 2 N–H and O–H groups in total. The van der Waals surface area contributed by atoms with Crippen LogP contribution in [-0.2, 0) is 31.0 Å². The number of aryl methyl sites for hydroxylation is 2. The molecule has 2 heterocycles. The summed E-state index contributed by atoms with van der Waals surface area (Å²) in [6, 6.07) is 10.7. The van der Waals surface area contributed by atoms with Crippen molar-refractivity contribution in [1.82, 2.24) is 14.9 Å². The van der Waals surface area contributed by atoms with Crippen molar-refractivity contribution in [3.05, 3.63) is 58.4 Å². The molecule has 6 nitrogen and oxygen atoms in total. The second-order valence-corrected chi connectivity index (χ2v) is 8.64. The Hall–Kier alpha value is -2.86. The van der Waals surface area contributed by atoms with Crippen LogP contribution in [-0.4, -0.2) is 41.3 Å². The van der Waals surface area contributed by atoms with Crippen molar-refractivity contribution in [3.63, 3.8) is 0 Å². The number of imidazole rings is 1. The zero-order chi connectivity index (χ0) is 20.9. The molecular weight excluding hydrogens is 376 g/mol. The molecule has 2 aromatic carbocycles. The lowest BCUT2D eigenvalue weighted by Crippen LogP contribution is -2.43. The maximum atomic E-state index is 13.0. The van der Waals surface area contributed by atoms with Gasteiger partial charge >= 0.3 is 0 Å². The number of amides is 1. The van der Waals surface area contributed by atoms with E-state index in [1.807, 2.05) is 20.0 Å². The molecule has 0 saturated heterocycles. The van der Waals surface area contributed by atoms with Crippen LogP contribution in [0.25, 0.3) is 11.0 Å². The minimum Gasteiger partial charge on any atom is -0.383 e. The fourth-order valence-electron chi connectivity index (χ4n) is 5.09. The Balaban J connectivity index is 1.58. The zero-order valence-electron chi connectivity index (χ0n) is 17.8. The highest BCUT2D eigenvalue weighted by Crippen LogP contribution is 2.44. The fourth-order valence-corrected chi connectivity index (χ4v) is 5.09. The van der Waals surface area contributed by atoms with Crippen LogP contribution in [0.3, 0.4) is 0 Å². The van der Waals surface area contributed by atoms with Gasteiger partial charge in [-0.05, 0) is 55.4 Å². The summed E-state index contributed by atoms with van der Waals surface area (Å²) in [5.74, 6) is 0.900. The predicted octanol–water partition coefficient (Wildman–Crippen LogP) is 3.15. The van der Waals surface area contributed by atoms with Crippen molar-refractivity contribution >= 4 is 22.6 Å². The largest absolute Gasteiger partial charge is 0.383 e. The molecule has 30 heavy (non-hydrogen) atoms. The molecule has 0 fully saturated rings. The second kappa shape index (κ2) is 7.13. The maximum absolute atomic E-state index is 13.0. The van der Waals surface area contributed by atoms with E-state index in [0.717, 1.165) is 59.4 Å². The minimum atomic E-state index is -0.0449. The van der Waals surface area contributed by atoms with Crippen molar-refractivity contribution in [3.8, 4) is 0 Å². The molecule has 1 amide bonds. The Morgan fingerprint density at radius 1 is 1.30 bits per heavy atom. The number of fused-ring (bicyclic) bond motifs is 4. The van der Waals surface area contributed by atoms with Gasteiger partial charge in [0.15, 0.2) is 0 Å². The second-order valence-electron chi connectivity index (χ2n) is 8.64.